The van der Waals surface area contributed by atoms with Crippen molar-refractivity contribution in [2.24, 2.45) is 0 Å². The monoisotopic (exact) mass is 617 g/mol. The lowest BCUT2D eigenvalue weighted by atomic mass is 9.91. The quantitative estimate of drug-likeness (QED) is 0.196. The third-order valence-corrected chi connectivity index (χ3v) is 9.58. The summed E-state index contributed by atoms with van der Waals surface area (Å²) in [6.07, 6.45) is 0. The van der Waals surface area contributed by atoms with E-state index in [4.69, 9.17) is 4.42 Å². The van der Waals surface area contributed by atoms with Crippen LogP contribution in [0.15, 0.2) is 162 Å². The van der Waals surface area contributed by atoms with Crippen molar-refractivity contribution >= 4 is 65.3 Å². The highest BCUT2D eigenvalue weighted by atomic mass is 16.3. The highest BCUT2D eigenvalue weighted by molar-refractivity contribution is 6.32. The Hall–Kier alpha value is -6.12. The van der Waals surface area contributed by atoms with Gasteiger partial charge < -0.3 is 9.40 Å². The fourth-order valence-corrected chi connectivity index (χ4v) is 7.52. The van der Waals surface area contributed by atoms with Gasteiger partial charge in [-0.2, -0.15) is 0 Å². The van der Waals surface area contributed by atoms with Gasteiger partial charge in [0.2, 0.25) is 0 Å². The maximum atomic E-state index is 6.51. The molecule has 0 atom stereocenters. The molecular weight excluding hydrogens is 583 g/mol. The lowest BCUT2D eigenvalue weighted by Crippen LogP contribution is -1.87. The van der Waals surface area contributed by atoms with Gasteiger partial charge in [-0.1, -0.05) is 147 Å². The smallest absolute Gasteiger partial charge is 0.143 e. The molecule has 0 aliphatic heterocycles. The molecule has 8 aromatic carbocycles. The van der Waals surface area contributed by atoms with Crippen LogP contribution in [0.5, 0.6) is 0 Å². The van der Waals surface area contributed by atoms with E-state index in [0.29, 0.717) is 0 Å². The maximum absolute atomic E-state index is 6.51. The summed E-state index contributed by atoms with van der Waals surface area (Å²) in [6, 6.07) is 56.6. The van der Waals surface area contributed by atoms with Gasteiger partial charge in [-0.3, -0.25) is 0 Å². The first-order valence-corrected chi connectivity index (χ1v) is 16.8. The highest BCUT2D eigenvalue weighted by Gasteiger charge is 2.18. The van der Waals surface area contributed by atoms with Crippen molar-refractivity contribution in [1.29, 1.82) is 0 Å². The van der Waals surface area contributed by atoms with Gasteiger partial charge >= 0.3 is 0 Å². The maximum Gasteiger partial charge on any atom is 0.143 e. The molecule has 48 heavy (non-hydrogen) atoms. The van der Waals surface area contributed by atoms with Crippen molar-refractivity contribution in [2.45, 2.75) is 13.8 Å². The summed E-state index contributed by atoms with van der Waals surface area (Å²) in [6.45, 7) is 4.00. The number of para-hydroxylation sites is 3. The van der Waals surface area contributed by atoms with E-state index < -0.39 is 0 Å². The van der Waals surface area contributed by atoms with E-state index in [1.165, 1.54) is 54.5 Å². The molecule has 0 fully saturated rings. The van der Waals surface area contributed by atoms with Crippen molar-refractivity contribution < 1.29 is 5.84 Å². The molecule has 0 unspecified atom stereocenters. The van der Waals surface area contributed by atoms with Crippen LogP contribution in [0.4, 0.5) is 0 Å². The fraction of sp³-hybridized carbons (Fsp3) is 0.0435. The summed E-state index contributed by atoms with van der Waals surface area (Å²) in [7, 11) is 0. The van der Waals surface area contributed by atoms with Crippen molar-refractivity contribution in [3.05, 3.63) is 158 Å². The first kappa shape index (κ1) is 28.1. The van der Waals surface area contributed by atoms with Crippen LogP contribution < -0.4 is 0 Å². The third-order valence-electron chi connectivity index (χ3n) is 9.58. The number of hydrogen-bond donors (Lipinski definition) is 1. The number of nitrogens with one attached hydrogen (secondary N) is 1. The van der Waals surface area contributed by atoms with Crippen molar-refractivity contribution in [3.63, 3.8) is 0 Å². The minimum Gasteiger partial charge on any atom is -0.455 e. The molecule has 0 spiro atoms. The molecule has 2 heterocycles. The number of benzene rings is 8. The van der Waals surface area contributed by atoms with Crippen molar-refractivity contribution in [1.82, 2.24) is 4.98 Å². The number of hydrogen-bond acceptors (Lipinski definition) is 1. The van der Waals surface area contributed by atoms with Crippen LogP contribution in [0.2, 0.25) is 0 Å². The molecule has 0 bridgehead atoms. The van der Waals surface area contributed by atoms with Gasteiger partial charge in [0.15, 0.2) is 0 Å². The van der Waals surface area contributed by atoms with Crippen molar-refractivity contribution in [2.75, 3.05) is 0 Å². The van der Waals surface area contributed by atoms with Crippen LogP contribution in [0, 0.1) is 0 Å². The SMILES string of the molecule is CC.[HH].c1ccc(-c2cc(-c3cccc4c3[nH]c3c5ccccc5c5ccccc5c43)cc(-c3cccc4c3oc3ccccc34)c2)cc1. The summed E-state index contributed by atoms with van der Waals surface area (Å²) in [4.78, 5) is 3.93. The average molecular weight is 618 g/mol. The largest absolute Gasteiger partial charge is 0.455 e. The molecule has 2 nitrogen and oxygen atoms in total. The molecule has 10 aromatic rings. The second-order valence-corrected chi connectivity index (χ2v) is 12.1. The molecule has 0 aliphatic carbocycles. The van der Waals surface area contributed by atoms with Gasteiger partial charge in [-0.25, -0.2) is 0 Å². The predicted molar refractivity (Wildman–Crippen MR) is 208 cm³/mol. The number of aromatic amines is 1. The van der Waals surface area contributed by atoms with Crippen LogP contribution in [0.3, 0.4) is 0 Å². The van der Waals surface area contributed by atoms with Gasteiger partial charge in [0.1, 0.15) is 11.2 Å². The van der Waals surface area contributed by atoms with E-state index in [2.05, 4.69) is 157 Å². The molecule has 2 heteroatoms. The first-order chi connectivity index (χ1) is 23.8. The van der Waals surface area contributed by atoms with Gasteiger partial charge in [0.25, 0.3) is 0 Å². The predicted octanol–water partition coefficient (Wildman–Crippen LogP) is 13.8. The van der Waals surface area contributed by atoms with E-state index in [0.717, 1.165) is 44.1 Å². The molecule has 0 amide bonds. The van der Waals surface area contributed by atoms with E-state index in [-0.39, 0.29) is 1.43 Å². The molecule has 0 saturated heterocycles. The summed E-state index contributed by atoms with van der Waals surface area (Å²) in [5.41, 5.74) is 11.1. The number of rotatable bonds is 3. The average Bonchev–Trinajstić information content (AvgIpc) is 3.75. The lowest BCUT2D eigenvalue weighted by molar-refractivity contribution is 0.670. The Morgan fingerprint density at radius 3 is 1.71 bits per heavy atom. The van der Waals surface area contributed by atoms with Gasteiger partial charge in [-0.05, 0) is 62.7 Å². The minimum atomic E-state index is 0. The van der Waals surface area contributed by atoms with E-state index in [9.17, 15) is 0 Å². The minimum absolute atomic E-state index is 0. The molecular formula is C46H35NO. The molecule has 1 N–H and O–H groups in total. The Labute approximate surface area is 280 Å². The Balaban J connectivity index is 0.00000114. The Morgan fingerprint density at radius 2 is 0.938 bits per heavy atom. The van der Waals surface area contributed by atoms with Gasteiger partial charge in [0, 0.05) is 39.5 Å². The van der Waals surface area contributed by atoms with Crippen LogP contribution >= 0.6 is 0 Å². The molecule has 10 rings (SSSR count). The summed E-state index contributed by atoms with van der Waals surface area (Å²) in [5, 5.41) is 9.86. The summed E-state index contributed by atoms with van der Waals surface area (Å²) in [5.74, 6) is 0. The molecule has 2 aromatic heterocycles. The zero-order chi connectivity index (χ0) is 32.2. The van der Waals surface area contributed by atoms with Gasteiger partial charge in [-0.15, -0.1) is 0 Å². The molecule has 230 valence electrons. The first-order valence-electron chi connectivity index (χ1n) is 16.8. The fourth-order valence-electron chi connectivity index (χ4n) is 7.52. The summed E-state index contributed by atoms with van der Waals surface area (Å²) < 4.78 is 6.51. The Kier molecular flexibility index (Phi) is 6.62. The van der Waals surface area contributed by atoms with Crippen LogP contribution in [0.25, 0.3) is 98.7 Å². The van der Waals surface area contributed by atoms with Crippen LogP contribution in [0.1, 0.15) is 15.3 Å². The molecule has 0 radical (unpaired) electrons. The van der Waals surface area contributed by atoms with E-state index >= 15 is 0 Å². The summed E-state index contributed by atoms with van der Waals surface area (Å²) >= 11 is 0. The van der Waals surface area contributed by atoms with Gasteiger partial charge in [0.05, 0.1) is 11.0 Å². The second-order valence-electron chi connectivity index (χ2n) is 12.1. The Bertz CT molecular complexity index is 2810. The zero-order valence-corrected chi connectivity index (χ0v) is 26.9. The Morgan fingerprint density at radius 1 is 0.396 bits per heavy atom. The number of H-pyrrole nitrogens is 1. The third kappa shape index (κ3) is 4.27. The lowest BCUT2D eigenvalue weighted by Gasteiger charge is -2.12. The normalized spacial score (nSPS) is 11.5. The number of furan rings is 1. The van der Waals surface area contributed by atoms with Crippen molar-refractivity contribution in [3.8, 4) is 33.4 Å². The zero-order valence-electron chi connectivity index (χ0n) is 26.9. The second kappa shape index (κ2) is 11.3. The molecule has 0 aliphatic rings. The molecule has 0 saturated carbocycles. The van der Waals surface area contributed by atoms with Crippen LogP contribution in [-0.4, -0.2) is 4.98 Å². The number of fused-ring (bicyclic) bond motifs is 11. The van der Waals surface area contributed by atoms with E-state index in [1.807, 2.05) is 19.9 Å². The topological polar surface area (TPSA) is 28.9 Å². The standard InChI is InChI=1S/C44H27NO.C2H6.H2/c1-2-12-27(13-3-1)28-24-29(26-30(25-28)32-20-11-21-38-35-16-8-9-23-40(35)46-44(32)38)31-19-10-22-39-41-36-17-6-4-14-33(36)34-15-5-7-18-37(34)43(41)45-42(31)39;1-2;/h1-26,45H;1-2H3;1H. The van der Waals surface area contributed by atoms with E-state index in [1.54, 1.807) is 0 Å². The highest BCUT2D eigenvalue weighted by Crippen LogP contribution is 2.43. The van der Waals surface area contributed by atoms with Crippen LogP contribution in [-0.2, 0) is 0 Å². The number of aromatic nitrogens is 1.